The minimum Gasteiger partial charge on any atom is -0.383 e. The van der Waals surface area contributed by atoms with Gasteiger partial charge in [0.15, 0.2) is 11.6 Å². The highest BCUT2D eigenvalue weighted by Crippen LogP contribution is 2.38. The summed E-state index contributed by atoms with van der Waals surface area (Å²) in [5.74, 6) is 1.48. The molecule has 0 saturated carbocycles. The summed E-state index contributed by atoms with van der Waals surface area (Å²) < 4.78 is 34.8. The van der Waals surface area contributed by atoms with E-state index in [4.69, 9.17) is 25.8 Å². The monoisotopic (exact) mass is 472 g/mol. The molecule has 1 N–H and O–H groups in total. The van der Waals surface area contributed by atoms with E-state index >= 15 is 0 Å². The molecular formula is C19H29ClN6O4S. The van der Waals surface area contributed by atoms with Crippen LogP contribution in [0.2, 0.25) is 5.02 Å². The Bertz CT molecular complexity index is 894. The van der Waals surface area contributed by atoms with Crippen molar-refractivity contribution >= 4 is 28.5 Å². The van der Waals surface area contributed by atoms with Crippen molar-refractivity contribution in [2.24, 2.45) is 0 Å². The van der Waals surface area contributed by atoms with Crippen LogP contribution >= 0.6 is 11.6 Å². The fraction of sp³-hybridized carbons (Fsp3) is 0.684. The van der Waals surface area contributed by atoms with Crippen molar-refractivity contribution < 1.29 is 18.4 Å². The summed E-state index contributed by atoms with van der Waals surface area (Å²) >= 11 is 5.87. The lowest BCUT2D eigenvalue weighted by atomic mass is 10.1. The van der Waals surface area contributed by atoms with Crippen molar-refractivity contribution in [3.63, 3.8) is 0 Å². The van der Waals surface area contributed by atoms with Crippen molar-refractivity contribution in [3.05, 3.63) is 29.1 Å². The zero-order valence-corrected chi connectivity index (χ0v) is 19.9. The quantitative estimate of drug-likeness (QED) is 0.561. The lowest BCUT2D eigenvalue weighted by Gasteiger charge is -2.22. The van der Waals surface area contributed by atoms with Crippen molar-refractivity contribution in [1.82, 2.24) is 24.7 Å². The number of rotatable bonds is 10. The molecular weight excluding hydrogens is 444 g/mol. The van der Waals surface area contributed by atoms with Crippen LogP contribution in [0.15, 0.2) is 12.4 Å². The Morgan fingerprint density at radius 1 is 1.35 bits per heavy atom. The molecule has 2 aromatic heterocycles. The molecule has 172 valence electrons. The Morgan fingerprint density at radius 2 is 2.06 bits per heavy atom. The molecule has 0 amide bonds. The van der Waals surface area contributed by atoms with Gasteiger partial charge in [0.05, 0.1) is 29.0 Å². The second-order valence-electron chi connectivity index (χ2n) is 7.95. The molecule has 2 aromatic rings. The van der Waals surface area contributed by atoms with Gasteiger partial charge in [0, 0.05) is 26.6 Å². The SMILES string of the molecule is COCCn1c(NS(=O)C(C)C(OC)c2ncc(Cl)cn2)nnc1C1CCC(C)(C)O1. The topological polar surface area (TPSA) is 113 Å². The molecule has 3 rings (SSSR count). The Hall–Kier alpha value is -1.66. The number of nitrogens with one attached hydrogen (secondary N) is 1. The van der Waals surface area contributed by atoms with Crippen molar-refractivity contribution in [2.75, 3.05) is 25.5 Å². The van der Waals surface area contributed by atoms with Gasteiger partial charge in [-0.3, -0.25) is 9.29 Å². The average Bonchev–Trinajstić information content (AvgIpc) is 3.30. The number of hydrogen-bond acceptors (Lipinski definition) is 8. The Kier molecular flexibility index (Phi) is 7.98. The third kappa shape index (κ3) is 5.78. The lowest BCUT2D eigenvalue weighted by molar-refractivity contribution is -0.0217. The van der Waals surface area contributed by atoms with Gasteiger partial charge in [0.2, 0.25) is 5.95 Å². The van der Waals surface area contributed by atoms with Crippen LogP contribution in [0.5, 0.6) is 0 Å². The number of aromatic nitrogens is 5. The van der Waals surface area contributed by atoms with Gasteiger partial charge in [-0.15, -0.1) is 10.2 Å². The minimum absolute atomic E-state index is 0.171. The van der Waals surface area contributed by atoms with E-state index in [-0.39, 0.29) is 11.7 Å². The fourth-order valence-corrected chi connectivity index (χ4v) is 4.54. The lowest BCUT2D eigenvalue weighted by Crippen LogP contribution is -2.29. The summed E-state index contributed by atoms with van der Waals surface area (Å²) in [6.45, 7) is 6.86. The van der Waals surface area contributed by atoms with Gasteiger partial charge >= 0.3 is 0 Å². The summed E-state index contributed by atoms with van der Waals surface area (Å²) in [7, 11) is 1.59. The van der Waals surface area contributed by atoms with E-state index < -0.39 is 22.3 Å². The first-order valence-corrected chi connectivity index (χ1v) is 11.6. The number of ether oxygens (including phenoxy) is 3. The van der Waals surface area contributed by atoms with Crippen LogP contribution in [0.4, 0.5) is 5.95 Å². The van der Waals surface area contributed by atoms with Crippen LogP contribution in [0, 0.1) is 0 Å². The highest BCUT2D eigenvalue weighted by molar-refractivity contribution is 7.87. The number of nitrogens with zero attached hydrogens (tertiary/aromatic N) is 5. The van der Waals surface area contributed by atoms with E-state index in [1.807, 2.05) is 4.57 Å². The Balaban J connectivity index is 1.78. The second kappa shape index (κ2) is 10.3. The normalized spacial score (nSPS) is 21.0. The maximum atomic E-state index is 13.1. The molecule has 31 heavy (non-hydrogen) atoms. The first-order valence-electron chi connectivity index (χ1n) is 10.0. The van der Waals surface area contributed by atoms with Gasteiger partial charge in [-0.1, -0.05) is 11.6 Å². The number of anilines is 1. The molecule has 0 spiro atoms. The van der Waals surface area contributed by atoms with E-state index in [2.05, 4.69) is 38.7 Å². The van der Waals surface area contributed by atoms with Crippen LogP contribution < -0.4 is 4.72 Å². The van der Waals surface area contributed by atoms with E-state index in [1.54, 1.807) is 14.0 Å². The molecule has 10 nitrogen and oxygen atoms in total. The predicted molar refractivity (Wildman–Crippen MR) is 117 cm³/mol. The molecule has 0 bridgehead atoms. The fourth-order valence-electron chi connectivity index (χ4n) is 3.47. The first-order chi connectivity index (χ1) is 14.8. The Labute approximate surface area is 189 Å². The van der Waals surface area contributed by atoms with Gasteiger partial charge in [-0.05, 0) is 33.6 Å². The molecule has 1 aliphatic rings. The van der Waals surface area contributed by atoms with Gasteiger partial charge in [-0.2, -0.15) is 0 Å². The maximum absolute atomic E-state index is 13.1. The molecule has 0 aromatic carbocycles. The largest absolute Gasteiger partial charge is 0.383 e. The highest BCUT2D eigenvalue weighted by Gasteiger charge is 2.36. The van der Waals surface area contributed by atoms with Gasteiger partial charge in [0.25, 0.3) is 0 Å². The summed E-state index contributed by atoms with van der Waals surface area (Å²) in [5.41, 5.74) is -0.210. The van der Waals surface area contributed by atoms with Crippen LogP contribution in [0.25, 0.3) is 0 Å². The molecule has 0 radical (unpaired) electrons. The van der Waals surface area contributed by atoms with Crippen LogP contribution in [0.1, 0.15) is 57.5 Å². The molecule has 1 saturated heterocycles. The second-order valence-corrected chi connectivity index (χ2v) is 9.93. The first kappa shape index (κ1) is 24.0. The predicted octanol–water partition coefficient (Wildman–Crippen LogP) is 2.85. The van der Waals surface area contributed by atoms with Crippen LogP contribution in [-0.4, -0.2) is 60.6 Å². The van der Waals surface area contributed by atoms with Gasteiger partial charge in [0.1, 0.15) is 23.2 Å². The molecule has 3 heterocycles. The van der Waals surface area contributed by atoms with E-state index in [9.17, 15) is 4.21 Å². The molecule has 0 aliphatic carbocycles. The summed E-state index contributed by atoms with van der Waals surface area (Å²) in [5, 5.41) is 8.50. The minimum atomic E-state index is -1.56. The van der Waals surface area contributed by atoms with Gasteiger partial charge < -0.3 is 14.2 Å². The van der Waals surface area contributed by atoms with Gasteiger partial charge in [-0.25, -0.2) is 14.2 Å². The summed E-state index contributed by atoms with van der Waals surface area (Å²) in [6, 6.07) is 0. The zero-order chi connectivity index (χ0) is 22.6. The van der Waals surface area contributed by atoms with Crippen LogP contribution in [0.3, 0.4) is 0 Å². The highest BCUT2D eigenvalue weighted by atomic mass is 35.5. The van der Waals surface area contributed by atoms with Crippen molar-refractivity contribution in [2.45, 2.75) is 63.2 Å². The molecule has 4 unspecified atom stereocenters. The van der Waals surface area contributed by atoms with E-state index in [1.165, 1.54) is 19.5 Å². The zero-order valence-electron chi connectivity index (χ0n) is 18.4. The molecule has 1 fully saturated rings. The number of halogens is 1. The molecule has 4 atom stereocenters. The average molecular weight is 473 g/mol. The third-order valence-corrected chi connectivity index (χ3v) is 6.66. The smallest absolute Gasteiger partial charge is 0.236 e. The Morgan fingerprint density at radius 3 is 2.65 bits per heavy atom. The summed E-state index contributed by atoms with van der Waals surface area (Å²) in [4.78, 5) is 8.38. The maximum Gasteiger partial charge on any atom is 0.236 e. The van der Waals surface area contributed by atoms with E-state index in [0.717, 1.165) is 12.8 Å². The number of hydrogen-bond donors (Lipinski definition) is 1. The third-order valence-electron chi connectivity index (χ3n) is 5.16. The van der Waals surface area contributed by atoms with Crippen LogP contribution in [-0.2, 0) is 31.7 Å². The standard InChI is InChI=1S/C19H29ClN6O4S/c1-12(15(29-5)16-21-10-13(20)11-22-16)31(27)25-18-24-23-17(26(18)8-9-28-4)14-6-7-19(2,3)30-14/h10-12,14-15H,6-9H2,1-5H3,(H,24,25). The summed E-state index contributed by atoms with van der Waals surface area (Å²) in [6.07, 6.45) is 3.97. The molecule has 12 heteroatoms. The van der Waals surface area contributed by atoms with E-state index in [0.29, 0.717) is 35.8 Å². The molecule has 1 aliphatic heterocycles. The number of methoxy groups -OCH3 is 2. The van der Waals surface area contributed by atoms with Crippen molar-refractivity contribution in [3.8, 4) is 0 Å². The van der Waals surface area contributed by atoms with Crippen molar-refractivity contribution in [1.29, 1.82) is 0 Å².